The Balaban J connectivity index is 2.00. The largest absolute Gasteiger partial charge is 0.376 e. The van der Waals surface area contributed by atoms with Crippen LogP contribution < -0.4 is 4.90 Å². The van der Waals surface area contributed by atoms with Crippen LogP contribution in [0.5, 0.6) is 0 Å². The van der Waals surface area contributed by atoms with Crippen LogP contribution >= 0.6 is 15.9 Å². The standard InChI is InChI=1S/C13H19BrN2O/c1-10-7-12(14)13(15-8-10)16(2)9-11-5-3-4-6-17-11/h7-8,11H,3-6,9H2,1-2H3. The Morgan fingerprint density at radius 3 is 3.00 bits per heavy atom. The highest BCUT2D eigenvalue weighted by atomic mass is 79.9. The van der Waals surface area contributed by atoms with Crippen molar-refractivity contribution in [3.05, 3.63) is 22.3 Å². The van der Waals surface area contributed by atoms with Crippen LogP contribution in [0, 0.1) is 6.92 Å². The Kier molecular flexibility index (Phi) is 4.40. The number of halogens is 1. The molecule has 1 aliphatic rings. The van der Waals surface area contributed by atoms with Crippen molar-refractivity contribution in [2.24, 2.45) is 0 Å². The summed E-state index contributed by atoms with van der Waals surface area (Å²) in [5.74, 6) is 0.991. The Morgan fingerprint density at radius 1 is 1.53 bits per heavy atom. The molecule has 1 atom stereocenters. The molecule has 0 aromatic carbocycles. The number of rotatable bonds is 3. The highest BCUT2D eigenvalue weighted by Crippen LogP contribution is 2.24. The second-order valence-electron chi connectivity index (χ2n) is 4.69. The third kappa shape index (κ3) is 3.42. The molecule has 94 valence electrons. The van der Waals surface area contributed by atoms with Crippen LogP contribution in [0.25, 0.3) is 0 Å². The van der Waals surface area contributed by atoms with Crippen molar-refractivity contribution in [2.45, 2.75) is 32.3 Å². The third-order valence-corrected chi connectivity index (χ3v) is 3.66. The zero-order valence-corrected chi connectivity index (χ0v) is 12.0. The Labute approximate surface area is 111 Å². The fraction of sp³-hybridized carbons (Fsp3) is 0.615. The fourth-order valence-corrected chi connectivity index (χ4v) is 2.92. The van der Waals surface area contributed by atoms with Crippen molar-refractivity contribution in [3.63, 3.8) is 0 Å². The minimum Gasteiger partial charge on any atom is -0.376 e. The zero-order valence-electron chi connectivity index (χ0n) is 10.4. The van der Waals surface area contributed by atoms with Gasteiger partial charge < -0.3 is 9.64 Å². The van der Waals surface area contributed by atoms with Gasteiger partial charge in [-0.2, -0.15) is 0 Å². The molecule has 0 spiro atoms. The molecule has 0 saturated carbocycles. The molecule has 4 heteroatoms. The molecule has 1 unspecified atom stereocenters. The topological polar surface area (TPSA) is 25.4 Å². The molecular weight excluding hydrogens is 280 g/mol. The van der Waals surface area contributed by atoms with Crippen LogP contribution in [0.2, 0.25) is 0 Å². The number of ether oxygens (including phenoxy) is 1. The molecule has 2 rings (SSSR count). The first kappa shape index (κ1) is 12.8. The molecule has 0 bridgehead atoms. The maximum absolute atomic E-state index is 5.75. The molecule has 1 aromatic heterocycles. The fourth-order valence-electron chi connectivity index (χ4n) is 2.15. The van der Waals surface area contributed by atoms with Gasteiger partial charge in [-0.25, -0.2) is 4.98 Å². The highest BCUT2D eigenvalue weighted by Gasteiger charge is 2.17. The van der Waals surface area contributed by atoms with Gasteiger partial charge in [0, 0.05) is 26.4 Å². The summed E-state index contributed by atoms with van der Waals surface area (Å²) in [5.41, 5.74) is 1.17. The predicted octanol–water partition coefficient (Wildman–Crippen LogP) is 3.16. The van der Waals surface area contributed by atoms with Gasteiger partial charge in [-0.1, -0.05) is 0 Å². The van der Waals surface area contributed by atoms with Crippen LogP contribution in [-0.2, 0) is 4.74 Å². The minimum atomic E-state index is 0.351. The van der Waals surface area contributed by atoms with E-state index in [2.05, 4.69) is 38.9 Å². The predicted molar refractivity (Wildman–Crippen MR) is 73.5 cm³/mol. The average Bonchev–Trinajstić information content (AvgIpc) is 2.30. The summed E-state index contributed by atoms with van der Waals surface area (Å²) >= 11 is 3.57. The molecule has 1 fully saturated rings. The van der Waals surface area contributed by atoms with E-state index in [1.807, 2.05) is 13.1 Å². The molecule has 0 N–H and O–H groups in total. The van der Waals surface area contributed by atoms with Gasteiger partial charge in [0.1, 0.15) is 5.82 Å². The van der Waals surface area contributed by atoms with Gasteiger partial charge in [-0.15, -0.1) is 0 Å². The maximum atomic E-state index is 5.75. The quantitative estimate of drug-likeness (QED) is 0.857. The second-order valence-corrected chi connectivity index (χ2v) is 5.54. The molecule has 0 radical (unpaired) electrons. The summed E-state index contributed by atoms with van der Waals surface area (Å²) in [7, 11) is 2.07. The van der Waals surface area contributed by atoms with Crippen molar-refractivity contribution in [1.29, 1.82) is 0 Å². The first-order valence-corrected chi connectivity index (χ1v) is 6.91. The molecule has 1 saturated heterocycles. The Hall–Kier alpha value is -0.610. The molecule has 2 heterocycles. The normalized spacial score (nSPS) is 20.3. The minimum absolute atomic E-state index is 0.351. The monoisotopic (exact) mass is 298 g/mol. The number of aromatic nitrogens is 1. The summed E-state index contributed by atoms with van der Waals surface area (Å²) in [6.07, 6.45) is 5.89. The van der Waals surface area contributed by atoms with Gasteiger partial charge in [0.25, 0.3) is 0 Å². The molecule has 17 heavy (non-hydrogen) atoms. The number of hydrogen-bond donors (Lipinski definition) is 0. The molecular formula is C13H19BrN2O. The van der Waals surface area contributed by atoms with E-state index >= 15 is 0 Å². The lowest BCUT2D eigenvalue weighted by molar-refractivity contribution is 0.0215. The Bertz CT molecular complexity index is 378. The van der Waals surface area contributed by atoms with Gasteiger partial charge >= 0.3 is 0 Å². The van der Waals surface area contributed by atoms with Crippen molar-refractivity contribution >= 4 is 21.7 Å². The van der Waals surface area contributed by atoms with E-state index in [-0.39, 0.29) is 0 Å². The maximum Gasteiger partial charge on any atom is 0.142 e. The second kappa shape index (κ2) is 5.83. The molecule has 3 nitrogen and oxygen atoms in total. The van der Waals surface area contributed by atoms with Crippen molar-refractivity contribution < 1.29 is 4.74 Å². The van der Waals surface area contributed by atoms with Gasteiger partial charge in [-0.3, -0.25) is 0 Å². The molecule has 0 aliphatic carbocycles. The average molecular weight is 299 g/mol. The van der Waals surface area contributed by atoms with Crippen LogP contribution in [0.15, 0.2) is 16.7 Å². The van der Waals surface area contributed by atoms with E-state index in [4.69, 9.17) is 4.74 Å². The van der Waals surface area contributed by atoms with Crippen LogP contribution in [-0.4, -0.2) is 31.3 Å². The summed E-state index contributed by atoms with van der Waals surface area (Å²) < 4.78 is 6.80. The molecule has 0 amide bonds. The number of hydrogen-bond acceptors (Lipinski definition) is 3. The number of likely N-dealkylation sites (N-methyl/N-ethyl adjacent to an activating group) is 1. The first-order chi connectivity index (χ1) is 8.16. The highest BCUT2D eigenvalue weighted by molar-refractivity contribution is 9.10. The lowest BCUT2D eigenvalue weighted by atomic mass is 10.1. The molecule has 1 aromatic rings. The lowest BCUT2D eigenvalue weighted by Gasteiger charge is -2.28. The summed E-state index contributed by atoms with van der Waals surface area (Å²) in [5, 5.41) is 0. The van der Waals surface area contributed by atoms with E-state index in [0.717, 1.165) is 29.9 Å². The van der Waals surface area contributed by atoms with Gasteiger partial charge in [0.15, 0.2) is 0 Å². The van der Waals surface area contributed by atoms with Crippen LogP contribution in [0.3, 0.4) is 0 Å². The van der Waals surface area contributed by atoms with E-state index < -0.39 is 0 Å². The van der Waals surface area contributed by atoms with E-state index in [1.54, 1.807) is 0 Å². The summed E-state index contributed by atoms with van der Waals surface area (Å²) in [6, 6.07) is 2.10. The van der Waals surface area contributed by atoms with Crippen LogP contribution in [0.4, 0.5) is 5.82 Å². The molecule has 1 aliphatic heterocycles. The Morgan fingerprint density at radius 2 is 2.35 bits per heavy atom. The zero-order chi connectivity index (χ0) is 12.3. The van der Waals surface area contributed by atoms with Crippen LogP contribution in [0.1, 0.15) is 24.8 Å². The SMILES string of the molecule is Cc1cnc(N(C)CC2CCCCO2)c(Br)c1. The van der Waals surface area contributed by atoms with E-state index in [9.17, 15) is 0 Å². The number of nitrogens with zero attached hydrogens (tertiary/aromatic N) is 2. The smallest absolute Gasteiger partial charge is 0.142 e. The summed E-state index contributed by atoms with van der Waals surface area (Å²) in [6.45, 7) is 3.86. The number of pyridine rings is 1. The van der Waals surface area contributed by atoms with E-state index in [1.165, 1.54) is 18.4 Å². The van der Waals surface area contributed by atoms with Crippen molar-refractivity contribution in [1.82, 2.24) is 4.98 Å². The van der Waals surface area contributed by atoms with Gasteiger partial charge in [-0.05, 0) is 53.7 Å². The van der Waals surface area contributed by atoms with Gasteiger partial charge in [0.05, 0.1) is 10.6 Å². The van der Waals surface area contributed by atoms with Gasteiger partial charge in [0.2, 0.25) is 0 Å². The number of anilines is 1. The van der Waals surface area contributed by atoms with E-state index in [0.29, 0.717) is 6.10 Å². The first-order valence-electron chi connectivity index (χ1n) is 6.11. The lowest BCUT2D eigenvalue weighted by Crippen LogP contribution is -2.33. The van der Waals surface area contributed by atoms with Crippen molar-refractivity contribution in [2.75, 3.05) is 25.1 Å². The third-order valence-electron chi connectivity index (χ3n) is 3.07. The van der Waals surface area contributed by atoms with Crippen molar-refractivity contribution in [3.8, 4) is 0 Å². The number of aryl methyl sites for hydroxylation is 1. The summed E-state index contributed by atoms with van der Waals surface area (Å²) in [4.78, 5) is 6.63.